The SMILES string of the molecule is CC[Si](CC)(CC)OC1[C@@H](C)CCC[C@]2(C)[C@H](C[C@@H](/C(C)=C/c3cc(SC)n(C)n3)OC(=O)C[C@H](O[Si](CC)(CC)CC)C(C)(C)C(=O)[C@@H]1C)N2COCC[Si](C)(C)C. The fourth-order valence-corrected chi connectivity index (χ4v) is 16.9. The maximum atomic E-state index is 15.2. The second kappa shape index (κ2) is 22.0. The Bertz CT molecular complexity index is 1520. The largest absolute Gasteiger partial charge is 0.458 e. The summed E-state index contributed by atoms with van der Waals surface area (Å²) < 4.78 is 29.6. The number of esters is 1. The number of aryl methyl sites for hydroxylation is 1. The summed E-state index contributed by atoms with van der Waals surface area (Å²) in [7, 11) is -3.62. The number of thioether (sulfide) groups is 1. The predicted molar refractivity (Wildman–Crippen MR) is 256 cm³/mol. The molecule has 340 valence electrons. The number of Topliss-reactive ketones (excluding diaryl/α,β-unsaturated/α-hetero) is 1. The molecule has 59 heavy (non-hydrogen) atoms. The molecule has 2 aliphatic heterocycles. The number of nitrogens with zero attached hydrogens (tertiary/aromatic N) is 3. The fraction of sp³-hybridized carbons (Fsp3) is 0.848. The average Bonchev–Trinajstić information content (AvgIpc) is 3.54. The molecule has 9 nitrogen and oxygen atoms in total. The molecule has 2 aliphatic rings. The first kappa shape index (κ1) is 52.3. The topological polar surface area (TPSA) is 91.9 Å². The second-order valence-corrected chi connectivity index (χ2v) is 36.0. The van der Waals surface area contributed by atoms with E-state index >= 15 is 4.79 Å². The van der Waals surface area contributed by atoms with Gasteiger partial charge in [-0.2, -0.15) is 5.10 Å². The van der Waals surface area contributed by atoms with Crippen LogP contribution >= 0.6 is 11.8 Å². The predicted octanol–water partition coefficient (Wildman–Crippen LogP) is 11.8. The van der Waals surface area contributed by atoms with Crippen LogP contribution in [-0.2, 0) is 35.0 Å². The molecule has 1 aromatic heterocycles. The number of carbonyl (C=O) groups is 2. The molecule has 1 aromatic rings. The number of hydrogen-bond donors (Lipinski definition) is 0. The molecule has 2 fully saturated rings. The molecule has 2 unspecified atom stereocenters. The van der Waals surface area contributed by atoms with Gasteiger partial charge in [-0.25, -0.2) is 0 Å². The van der Waals surface area contributed by atoms with Crippen LogP contribution in [0, 0.1) is 17.3 Å². The van der Waals surface area contributed by atoms with Gasteiger partial charge in [-0.05, 0) is 98.9 Å². The Morgan fingerprint density at radius 2 is 1.54 bits per heavy atom. The van der Waals surface area contributed by atoms with E-state index in [1.807, 2.05) is 25.6 Å². The molecule has 0 spiro atoms. The van der Waals surface area contributed by atoms with E-state index in [1.54, 1.807) is 11.8 Å². The molecule has 13 heteroatoms. The molecule has 0 saturated carbocycles. The molecule has 8 atom stereocenters. The van der Waals surface area contributed by atoms with Gasteiger partial charge in [0.25, 0.3) is 0 Å². The Morgan fingerprint density at radius 1 is 0.966 bits per heavy atom. The highest BCUT2D eigenvalue weighted by molar-refractivity contribution is 7.98. The maximum Gasteiger partial charge on any atom is 0.309 e. The third-order valence-electron chi connectivity index (χ3n) is 14.8. The number of ketones is 1. The van der Waals surface area contributed by atoms with Gasteiger partial charge in [0.2, 0.25) is 0 Å². The lowest BCUT2D eigenvalue weighted by Gasteiger charge is -2.44. The van der Waals surface area contributed by atoms with Gasteiger partial charge in [-0.15, -0.1) is 11.8 Å². The van der Waals surface area contributed by atoms with Crippen LogP contribution in [0.15, 0.2) is 16.7 Å². The first-order valence-electron chi connectivity index (χ1n) is 23.2. The van der Waals surface area contributed by atoms with Gasteiger partial charge in [-0.3, -0.25) is 19.2 Å². The smallest absolute Gasteiger partial charge is 0.309 e. The standard InChI is InChI=1S/C46H87N3O6SSi3/c1-18-58(19-2,20-3)54-40-32-42(50)53-38(35(8)29-37-30-41(56-14)48(13)47-37)31-39-46(12,49(39)33-52-27-28-57(15,16)17)26-24-25-34(7)43(36(9)44(51)45(40,10)11)55-59(21-4,22-5)23-6/h29-30,34,36,38-40,43H,18-28,31-33H2,1-17H3/b35-29+/t34-,36+,38-,39-,40-,43?,46+,49?/m0/s1. The fourth-order valence-electron chi connectivity index (χ4n) is 9.58. The lowest BCUT2D eigenvalue weighted by molar-refractivity contribution is -0.153. The summed E-state index contributed by atoms with van der Waals surface area (Å²) in [4.78, 5) is 32.3. The normalized spacial score (nSPS) is 29.3. The highest BCUT2D eigenvalue weighted by atomic mass is 32.2. The Hall–Kier alpha value is -1.07. The van der Waals surface area contributed by atoms with Gasteiger partial charge in [-0.1, -0.05) is 95.3 Å². The number of aromatic nitrogens is 2. The third kappa shape index (κ3) is 13.2. The Morgan fingerprint density at radius 3 is 2.07 bits per heavy atom. The maximum absolute atomic E-state index is 15.2. The van der Waals surface area contributed by atoms with E-state index in [0.29, 0.717) is 13.2 Å². The molecule has 0 N–H and O–H groups in total. The van der Waals surface area contributed by atoms with Crippen molar-refractivity contribution in [3.8, 4) is 0 Å². The van der Waals surface area contributed by atoms with E-state index < -0.39 is 42.3 Å². The summed E-state index contributed by atoms with van der Waals surface area (Å²) in [6.45, 7) is 34.8. The number of rotatable bonds is 18. The van der Waals surface area contributed by atoms with Crippen LogP contribution in [0.4, 0.5) is 0 Å². The van der Waals surface area contributed by atoms with Gasteiger partial charge in [0.05, 0.1) is 36.1 Å². The van der Waals surface area contributed by atoms with E-state index in [0.717, 1.165) is 84.5 Å². The molecule has 3 heterocycles. The quantitative estimate of drug-likeness (QED) is 0.0470. The van der Waals surface area contributed by atoms with Crippen molar-refractivity contribution >= 4 is 54.3 Å². The summed E-state index contributed by atoms with van der Waals surface area (Å²) in [6.07, 6.45) is 6.51. The molecule has 0 aromatic carbocycles. The highest BCUT2D eigenvalue weighted by Crippen LogP contribution is 2.49. The molecule has 0 aliphatic carbocycles. The van der Waals surface area contributed by atoms with Crippen LogP contribution in [0.2, 0.25) is 61.9 Å². The first-order chi connectivity index (χ1) is 27.5. The van der Waals surface area contributed by atoms with Crippen LogP contribution < -0.4 is 0 Å². The van der Waals surface area contributed by atoms with Crippen LogP contribution in [0.3, 0.4) is 0 Å². The van der Waals surface area contributed by atoms with Crippen molar-refractivity contribution < 1.29 is 27.9 Å². The van der Waals surface area contributed by atoms with E-state index in [-0.39, 0.29) is 47.7 Å². The number of fused-ring (bicyclic) bond motifs is 1. The van der Waals surface area contributed by atoms with E-state index in [9.17, 15) is 4.79 Å². The van der Waals surface area contributed by atoms with Crippen LogP contribution in [0.1, 0.15) is 121 Å². The summed E-state index contributed by atoms with van der Waals surface area (Å²) >= 11 is 1.66. The molecule has 0 amide bonds. The Labute approximate surface area is 368 Å². The van der Waals surface area contributed by atoms with E-state index in [4.69, 9.17) is 23.4 Å². The number of hydrogen-bond acceptors (Lipinski definition) is 9. The van der Waals surface area contributed by atoms with Crippen molar-refractivity contribution in [1.82, 2.24) is 14.7 Å². The first-order valence-corrected chi connectivity index (χ1v) is 33.2. The van der Waals surface area contributed by atoms with Gasteiger partial charge >= 0.3 is 5.97 Å². The zero-order valence-corrected chi connectivity index (χ0v) is 44.5. The molecule has 3 rings (SSSR count). The van der Waals surface area contributed by atoms with Crippen LogP contribution in [-0.4, -0.2) is 101 Å². The van der Waals surface area contributed by atoms with Crippen molar-refractivity contribution in [2.45, 2.75) is 212 Å². The Kier molecular flexibility index (Phi) is 19.5. The third-order valence-corrected chi connectivity index (χ3v) is 26.6. The summed E-state index contributed by atoms with van der Waals surface area (Å²) in [5, 5.41) is 5.84. The van der Waals surface area contributed by atoms with Crippen molar-refractivity contribution in [3.63, 3.8) is 0 Å². The van der Waals surface area contributed by atoms with Crippen LogP contribution in [0.25, 0.3) is 6.08 Å². The monoisotopic (exact) mass is 894 g/mol. The van der Waals surface area contributed by atoms with Crippen molar-refractivity contribution in [3.05, 3.63) is 17.3 Å². The zero-order chi connectivity index (χ0) is 44.6. The van der Waals surface area contributed by atoms with Crippen molar-refractivity contribution in [2.24, 2.45) is 24.3 Å². The number of ether oxygens (including phenoxy) is 2. The highest BCUT2D eigenvalue weighted by Gasteiger charge is 2.59. The summed E-state index contributed by atoms with van der Waals surface area (Å²) in [5.74, 6) is -0.352. The second-order valence-electron chi connectivity index (χ2n) is 20.2. The van der Waals surface area contributed by atoms with Gasteiger partial charge in [0.15, 0.2) is 16.6 Å². The van der Waals surface area contributed by atoms with E-state index in [2.05, 4.69) is 112 Å². The zero-order valence-electron chi connectivity index (χ0n) is 40.7. The van der Waals surface area contributed by atoms with E-state index in [1.165, 1.54) is 0 Å². The summed E-state index contributed by atoms with van der Waals surface area (Å²) in [5.41, 5.74) is 0.767. The minimum atomic E-state index is -2.26. The molecule has 0 radical (unpaired) electrons. The lowest BCUT2D eigenvalue weighted by atomic mass is 9.73. The number of carbonyl (C=O) groups excluding carboxylic acids is 2. The van der Waals surface area contributed by atoms with Crippen LogP contribution in [0.5, 0.6) is 0 Å². The summed E-state index contributed by atoms with van der Waals surface area (Å²) in [6, 6.07) is 9.26. The lowest BCUT2D eigenvalue weighted by Crippen LogP contribution is -2.53. The molecule has 0 bridgehead atoms. The van der Waals surface area contributed by atoms with Gasteiger partial charge in [0, 0.05) is 51.1 Å². The minimum absolute atomic E-state index is 0.0221. The molecule has 2 saturated heterocycles. The molecular formula is C46H87N3O6SSi3. The number of cyclic esters (lactones) is 1. The van der Waals surface area contributed by atoms with Gasteiger partial charge < -0.3 is 18.3 Å². The Balaban J connectivity index is 2.17. The average molecular weight is 895 g/mol. The minimum Gasteiger partial charge on any atom is -0.458 e. The van der Waals surface area contributed by atoms with Crippen molar-refractivity contribution in [2.75, 3.05) is 19.6 Å². The van der Waals surface area contributed by atoms with Crippen molar-refractivity contribution in [1.29, 1.82) is 0 Å². The molecular weight excluding hydrogens is 807 g/mol. The van der Waals surface area contributed by atoms with Gasteiger partial charge in [0.1, 0.15) is 11.9 Å².